The molecule has 0 amide bonds. The average Bonchev–Trinajstić information content (AvgIpc) is 3.45. The van der Waals surface area contributed by atoms with Crippen molar-refractivity contribution in [3.05, 3.63) is 62.9 Å². The van der Waals surface area contributed by atoms with E-state index in [0.717, 1.165) is 69.2 Å². The molecule has 0 spiro atoms. The normalized spacial score (nSPS) is 17.6. The van der Waals surface area contributed by atoms with Crippen LogP contribution in [0, 0.1) is 0 Å². The zero-order valence-electron chi connectivity index (χ0n) is 17.0. The molecular weight excluding hydrogens is 432 g/mol. The number of nitrogens with one attached hydrogen (secondary N) is 1. The van der Waals surface area contributed by atoms with Crippen molar-refractivity contribution in [1.82, 2.24) is 20.1 Å². The van der Waals surface area contributed by atoms with Crippen LogP contribution in [0.25, 0.3) is 21.3 Å². The maximum atomic E-state index is 9.59. The lowest BCUT2D eigenvalue weighted by Gasteiger charge is -2.17. The maximum Gasteiger partial charge on any atom is 0.145 e. The number of fused-ring (bicyclic) bond motifs is 3. The second kappa shape index (κ2) is 7.31. The maximum absolute atomic E-state index is 9.59. The van der Waals surface area contributed by atoms with Gasteiger partial charge in [-0.1, -0.05) is 11.6 Å². The molecule has 0 saturated carbocycles. The van der Waals surface area contributed by atoms with Crippen molar-refractivity contribution in [2.45, 2.75) is 32.1 Å². The summed E-state index contributed by atoms with van der Waals surface area (Å²) in [6.45, 7) is 1.79. The van der Waals surface area contributed by atoms with Crippen molar-refractivity contribution in [2.75, 3.05) is 6.54 Å². The molecule has 0 radical (unpaired) electrons. The van der Waals surface area contributed by atoms with Gasteiger partial charge in [0.1, 0.15) is 11.9 Å². The lowest BCUT2D eigenvalue weighted by molar-refractivity contribution is 0.226. The van der Waals surface area contributed by atoms with Crippen molar-refractivity contribution in [3.8, 4) is 16.9 Å². The molecule has 5 heterocycles. The van der Waals surface area contributed by atoms with Crippen LogP contribution in [0.5, 0.6) is 5.75 Å². The molecule has 6 rings (SSSR count). The molecule has 0 saturated heterocycles. The molecule has 0 fully saturated rings. The Kier molecular flexibility index (Phi) is 4.54. The highest BCUT2D eigenvalue weighted by molar-refractivity contribution is 7.19. The first-order valence-corrected chi connectivity index (χ1v) is 11.5. The number of aliphatic hydroxyl groups is 1. The number of hydrogen-bond donors (Lipinski definition) is 2. The number of ether oxygens (including phenoxy) is 1. The van der Waals surface area contributed by atoms with Gasteiger partial charge in [-0.05, 0) is 24.3 Å². The Labute approximate surface area is 188 Å². The molecule has 2 N–H and O–H groups in total. The first kappa shape index (κ1) is 19.3. The third kappa shape index (κ3) is 3.07. The lowest BCUT2D eigenvalue weighted by Crippen LogP contribution is -2.24. The van der Waals surface area contributed by atoms with Crippen molar-refractivity contribution in [2.24, 2.45) is 7.05 Å². The number of halogens is 1. The monoisotopic (exact) mass is 452 g/mol. The summed E-state index contributed by atoms with van der Waals surface area (Å²) in [7, 11) is 2.00. The van der Waals surface area contributed by atoms with Crippen LogP contribution in [-0.2, 0) is 33.0 Å². The van der Waals surface area contributed by atoms with Gasteiger partial charge < -0.3 is 15.2 Å². The summed E-state index contributed by atoms with van der Waals surface area (Å²) in [5, 5.41) is 18.5. The Morgan fingerprint density at radius 2 is 2.23 bits per heavy atom. The van der Waals surface area contributed by atoms with Gasteiger partial charge in [0.2, 0.25) is 0 Å². The molecule has 2 aliphatic rings. The Morgan fingerprint density at radius 3 is 3.10 bits per heavy atom. The highest BCUT2D eigenvalue weighted by atomic mass is 35.5. The molecular formula is C23H21ClN4O2S. The molecule has 0 aliphatic carbocycles. The average molecular weight is 453 g/mol. The first-order chi connectivity index (χ1) is 15.1. The summed E-state index contributed by atoms with van der Waals surface area (Å²) in [5.74, 6) is 0.875. The molecule has 3 aromatic heterocycles. The number of aryl methyl sites for hydroxylation is 1. The molecule has 8 heteroatoms. The minimum atomic E-state index is -0.0953. The summed E-state index contributed by atoms with van der Waals surface area (Å²) in [4.78, 5) is 5.36. The number of hydrogen-bond acceptors (Lipinski definition) is 6. The number of thiophene rings is 1. The topological polar surface area (TPSA) is 72.2 Å². The Morgan fingerprint density at radius 1 is 1.32 bits per heavy atom. The van der Waals surface area contributed by atoms with Crippen LogP contribution in [0.15, 0.2) is 30.5 Å². The molecule has 1 aromatic carbocycles. The fourth-order valence-electron chi connectivity index (χ4n) is 4.81. The van der Waals surface area contributed by atoms with E-state index in [4.69, 9.17) is 21.4 Å². The predicted octanol–water partition coefficient (Wildman–Crippen LogP) is 4.16. The van der Waals surface area contributed by atoms with Crippen LogP contribution in [-0.4, -0.2) is 26.4 Å². The number of benzene rings is 1. The molecule has 6 nitrogen and oxygen atoms in total. The first-order valence-electron chi connectivity index (χ1n) is 10.4. The quantitative estimate of drug-likeness (QED) is 0.488. The minimum Gasteiger partial charge on any atom is -0.483 e. The third-order valence-corrected chi connectivity index (χ3v) is 7.49. The molecule has 1 atom stereocenters. The Balaban J connectivity index is 1.47. The molecule has 158 valence electrons. The molecule has 31 heavy (non-hydrogen) atoms. The van der Waals surface area contributed by atoms with Crippen molar-refractivity contribution in [3.63, 3.8) is 0 Å². The molecule has 0 bridgehead atoms. The summed E-state index contributed by atoms with van der Waals surface area (Å²) in [5.41, 5.74) is 7.55. The number of nitrogens with zero attached hydrogens (tertiary/aromatic N) is 3. The third-order valence-electron chi connectivity index (χ3n) is 6.13. The van der Waals surface area contributed by atoms with Crippen LogP contribution in [0.3, 0.4) is 0 Å². The van der Waals surface area contributed by atoms with E-state index >= 15 is 0 Å². The van der Waals surface area contributed by atoms with Gasteiger partial charge in [0.25, 0.3) is 0 Å². The van der Waals surface area contributed by atoms with Gasteiger partial charge in [-0.15, -0.1) is 11.3 Å². The van der Waals surface area contributed by atoms with Gasteiger partial charge in [-0.25, -0.2) is 0 Å². The zero-order chi connectivity index (χ0) is 21.1. The lowest BCUT2D eigenvalue weighted by atomic mass is 9.98. The molecule has 4 aromatic rings. The summed E-state index contributed by atoms with van der Waals surface area (Å²) < 4.78 is 9.62. The second-order valence-electron chi connectivity index (χ2n) is 8.06. The van der Waals surface area contributed by atoms with E-state index in [-0.39, 0.29) is 12.7 Å². The minimum absolute atomic E-state index is 0.00628. The number of aromatic nitrogens is 3. The Hall–Kier alpha value is -2.45. The largest absolute Gasteiger partial charge is 0.483 e. The van der Waals surface area contributed by atoms with Crippen LogP contribution in [0.1, 0.15) is 33.5 Å². The molecule has 2 aliphatic heterocycles. The van der Waals surface area contributed by atoms with Crippen LogP contribution < -0.4 is 10.1 Å². The highest BCUT2D eigenvalue weighted by Crippen LogP contribution is 2.47. The van der Waals surface area contributed by atoms with Crippen molar-refractivity contribution < 1.29 is 9.84 Å². The molecule has 1 unspecified atom stereocenters. The SMILES string of the molecule is Cn1nc2c(c1C1Cc3cc(Cl)cc(-c4ccnc5cc(CO)sc45)c3O1)CNCC2. The zero-order valence-corrected chi connectivity index (χ0v) is 18.6. The van der Waals surface area contributed by atoms with Gasteiger partial charge in [-0.3, -0.25) is 9.67 Å². The summed E-state index contributed by atoms with van der Waals surface area (Å²) >= 11 is 8.10. The van der Waals surface area contributed by atoms with Gasteiger partial charge in [0, 0.05) is 71.3 Å². The van der Waals surface area contributed by atoms with E-state index in [1.54, 1.807) is 17.5 Å². The van der Waals surface area contributed by atoms with E-state index in [1.807, 2.05) is 36.0 Å². The number of pyridine rings is 1. The van der Waals surface area contributed by atoms with Gasteiger partial charge in [-0.2, -0.15) is 5.10 Å². The second-order valence-corrected chi connectivity index (χ2v) is 9.63. The standard InChI is InChI=1S/C23H21ClN4O2S/c1-28-21(17-10-25-4-3-18(17)27-28)20-7-12-6-13(24)8-16(22(12)30-20)15-2-5-26-19-9-14(11-29)31-23(15)19/h2,5-6,8-9,20,25,29H,3-4,7,10-11H2,1H3. The fourth-order valence-corrected chi connectivity index (χ4v) is 6.05. The van der Waals surface area contributed by atoms with E-state index in [0.29, 0.717) is 5.02 Å². The smallest absolute Gasteiger partial charge is 0.145 e. The number of aliphatic hydroxyl groups excluding tert-OH is 1. The van der Waals surface area contributed by atoms with E-state index in [1.165, 1.54) is 11.3 Å². The van der Waals surface area contributed by atoms with Gasteiger partial charge in [0.05, 0.1) is 28.2 Å². The summed E-state index contributed by atoms with van der Waals surface area (Å²) in [6.07, 6.45) is 3.41. The van der Waals surface area contributed by atoms with E-state index in [2.05, 4.69) is 10.3 Å². The van der Waals surface area contributed by atoms with E-state index in [9.17, 15) is 5.11 Å². The summed E-state index contributed by atoms with van der Waals surface area (Å²) in [6, 6.07) is 7.91. The van der Waals surface area contributed by atoms with Crippen molar-refractivity contribution >= 4 is 33.2 Å². The van der Waals surface area contributed by atoms with Crippen LogP contribution >= 0.6 is 22.9 Å². The van der Waals surface area contributed by atoms with Crippen LogP contribution in [0.4, 0.5) is 0 Å². The van der Waals surface area contributed by atoms with Crippen molar-refractivity contribution in [1.29, 1.82) is 0 Å². The highest BCUT2D eigenvalue weighted by Gasteiger charge is 2.33. The van der Waals surface area contributed by atoms with Crippen LogP contribution in [0.2, 0.25) is 5.02 Å². The Bertz CT molecular complexity index is 1330. The number of rotatable bonds is 3. The van der Waals surface area contributed by atoms with Gasteiger partial charge in [0.15, 0.2) is 0 Å². The fraction of sp³-hybridized carbons (Fsp3) is 0.304. The van der Waals surface area contributed by atoms with Gasteiger partial charge >= 0.3 is 0 Å². The van der Waals surface area contributed by atoms with E-state index < -0.39 is 0 Å². The predicted molar refractivity (Wildman–Crippen MR) is 122 cm³/mol.